The highest BCUT2D eigenvalue weighted by atomic mass is 16.5. The second kappa shape index (κ2) is 6.06. The third-order valence-electron chi connectivity index (χ3n) is 3.74. The SMILES string of the molecule is COc1ccc(CNC(=O)C2CCCO2)c(C)c1C. The van der Waals surface area contributed by atoms with Gasteiger partial charge in [0.05, 0.1) is 7.11 Å². The molecule has 0 radical (unpaired) electrons. The molecule has 4 heteroatoms. The number of hydrogen-bond acceptors (Lipinski definition) is 3. The van der Waals surface area contributed by atoms with Gasteiger partial charge in [-0.05, 0) is 49.4 Å². The zero-order chi connectivity index (χ0) is 13.8. The lowest BCUT2D eigenvalue weighted by Crippen LogP contribution is -2.33. The molecule has 1 aliphatic heterocycles. The van der Waals surface area contributed by atoms with Crippen LogP contribution in [0.15, 0.2) is 12.1 Å². The number of methoxy groups -OCH3 is 1. The van der Waals surface area contributed by atoms with Crippen LogP contribution in [-0.4, -0.2) is 25.7 Å². The molecular weight excluding hydrogens is 242 g/mol. The normalized spacial score (nSPS) is 18.4. The van der Waals surface area contributed by atoms with Gasteiger partial charge in [0.2, 0.25) is 5.91 Å². The van der Waals surface area contributed by atoms with Crippen molar-refractivity contribution >= 4 is 5.91 Å². The fraction of sp³-hybridized carbons (Fsp3) is 0.533. The number of nitrogens with one attached hydrogen (secondary N) is 1. The first-order chi connectivity index (χ1) is 9.13. The van der Waals surface area contributed by atoms with Crippen molar-refractivity contribution in [1.82, 2.24) is 5.32 Å². The Kier molecular flexibility index (Phi) is 4.43. The first-order valence-electron chi connectivity index (χ1n) is 6.66. The second-order valence-corrected chi connectivity index (χ2v) is 4.90. The van der Waals surface area contributed by atoms with Crippen LogP contribution in [-0.2, 0) is 16.1 Å². The van der Waals surface area contributed by atoms with E-state index in [1.54, 1.807) is 7.11 Å². The number of carbonyl (C=O) groups excluding carboxylic acids is 1. The lowest BCUT2D eigenvalue weighted by molar-refractivity contribution is -0.130. The van der Waals surface area contributed by atoms with Crippen LogP contribution in [0.25, 0.3) is 0 Å². The zero-order valence-corrected chi connectivity index (χ0v) is 11.8. The summed E-state index contributed by atoms with van der Waals surface area (Å²) in [6, 6.07) is 3.94. The molecule has 1 saturated heterocycles. The Morgan fingerprint density at radius 3 is 2.84 bits per heavy atom. The van der Waals surface area contributed by atoms with Crippen LogP contribution in [0.4, 0.5) is 0 Å². The van der Waals surface area contributed by atoms with Crippen molar-refractivity contribution in [3.05, 3.63) is 28.8 Å². The molecule has 1 N–H and O–H groups in total. The Hall–Kier alpha value is -1.55. The van der Waals surface area contributed by atoms with Gasteiger partial charge in [-0.15, -0.1) is 0 Å². The predicted molar refractivity (Wildman–Crippen MR) is 73.3 cm³/mol. The highest BCUT2D eigenvalue weighted by Crippen LogP contribution is 2.23. The molecule has 104 valence electrons. The topological polar surface area (TPSA) is 47.6 Å². The summed E-state index contributed by atoms with van der Waals surface area (Å²) in [5.41, 5.74) is 3.39. The summed E-state index contributed by atoms with van der Waals surface area (Å²) in [6.45, 7) is 5.30. The van der Waals surface area contributed by atoms with E-state index in [-0.39, 0.29) is 12.0 Å². The Bertz CT molecular complexity index is 465. The lowest BCUT2D eigenvalue weighted by atomic mass is 10.0. The number of ether oxygens (including phenoxy) is 2. The molecule has 19 heavy (non-hydrogen) atoms. The van der Waals surface area contributed by atoms with E-state index < -0.39 is 0 Å². The summed E-state index contributed by atoms with van der Waals surface area (Å²) in [5, 5.41) is 2.94. The number of hydrogen-bond donors (Lipinski definition) is 1. The molecular formula is C15H21NO3. The molecule has 0 aromatic heterocycles. The Morgan fingerprint density at radius 2 is 2.21 bits per heavy atom. The van der Waals surface area contributed by atoms with E-state index in [2.05, 4.69) is 5.32 Å². The molecule has 1 aromatic rings. The summed E-state index contributed by atoms with van der Waals surface area (Å²) in [7, 11) is 1.67. The predicted octanol–water partition coefficient (Wildman–Crippen LogP) is 2.11. The second-order valence-electron chi connectivity index (χ2n) is 4.90. The van der Waals surface area contributed by atoms with Crippen LogP contribution in [0.5, 0.6) is 5.75 Å². The monoisotopic (exact) mass is 263 g/mol. The van der Waals surface area contributed by atoms with Crippen LogP contribution in [0, 0.1) is 13.8 Å². The van der Waals surface area contributed by atoms with Crippen LogP contribution < -0.4 is 10.1 Å². The quantitative estimate of drug-likeness (QED) is 0.905. The van der Waals surface area contributed by atoms with Gasteiger partial charge in [-0.3, -0.25) is 4.79 Å². The van der Waals surface area contributed by atoms with Crippen molar-refractivity contribution in [2.24, 2.45) is 0 Å². The van der Waals surface area contributed by atoms with Gasteiger partial charge in [0.25, 0.3) is 0 Å². The van der Waals surface area contributed by atoms with Crippen LogP contribution in [0.3, 0.4) is 0 Å². The van der Waals surface area contributed by atoms with Gasteiger partial charge < -0.3 is 14.8 Å². The van der Waals surface area contributed by atoms with Crippen molar-refractivity contribution in [3.8, 4) is 5.75 Å². The number of carbonyl (C=O) groups is 1. The maximum absolute atomic E-state index is 11.9. The third kappa shape index (κ3) is 3.07. The minimum absolute atomic E-state index is 0.00892. The van der Waals surface area contributed by atoms with Gasteiger partial charge in [-0.1, -0.05) is 6.07 Å². The first kappa shape index (κ1) is 13.9. The van der Waals surface area contributed by atoms with Crippen molar-refractivity contribution in [2.75, 3.05) is 13.7 Å². The van der Waals surface area contributed by atoms with Crippen molar-refractivity contribution in [1.29, 1.82) is 0 Å². The average molecular weight is 263 g/mol. The molecule has 2 rings (SSSR count). The fourth-order valence-electron chi connectivity index (χ4n) is 2.35. The largest absolute Gasteiger partial charge is 0.496 e. The molecule has 0 bridgehead atoms. The molecule has 4 nitrogen and oxygen atoms in total. The lowest BCUT2D eigenvalue weighted by Gasteiger charge is -2.14. The number of amides is 1. The zero-order valence-electron chi connectivity index (χ0n) is 11.8. The van der Waals surface area contributed by atoms with Gasteiger partial charge in [0, 0.05) is 13.2 Å². The van der Waals surface area contributed by atoms with Gasteiger partial charge >= 0.3 is 0 Å². The molecule has 1 atom stereocenters. The van der Waals surface area contributed by atoms with E-state index in [9.17, 15) is 4.79 Å². The Morgan fingerprint density at radius 1 is 1.42 bits per heavy atom. The fourth-order valence-corrected chi connectivity index (χ4v) is 2.35. The van der Waals surface area contributed by atoms with Crippen molar-refractivity contribution in [2.45, 2.75) is 39.3 Å². The van der Waals surface area contributed by atoms with Gasteiger partial charge in [0.1, 0.15) is 11.9 Å². The third-order valence-corrected chi connectivity index (χ3v) is 3.74. The van der Waals surface area contributed by atoms with Crippen molar-refractivity contribution in [3.63, 3.8) is 0 Å². The molecule has 0 spiro atoms. The molecule has 0 saturated carbocycles. The van der Waals surface area contributed by atoms with Crippen LogP contribution in [0.2, 0.25) is 0 Å². The molecule has 1 aromatic carbocycles. The molecule has 0 aliphatic carbocycles. The standard InChI is InChI=1S/C15H21NO3/c1-10-11(2)13(18-3)7-6-12(10)9-16-15(17)14-5-4-8-19-14/h6-7,14H,4-5,8-9H2,1-3H3,(H,16,17). The minimum Gasteiger partial charge on any atom is -0.496 e. The van der Waals surface area contributed by atoms with E-state index in [1.807, 2.05) is 26.0 Å². The van der Waals surface area contributed by atoms with Gasteiger partial charge in [-0.2, -0.15) is 0 Å². The highest BCUT2D eigenvalue weighted by Gasteiger charge is 2.23. The number of benzene rings is 1. The summed E-state index contributed by atoms with van der Waals surface area (Å²) in [6.07, 6.45) is 1.53. The van der Waals surface area contributed by atoms with E-state index in [4.69, 9.17) is 9.47 Å². The summed E-state index contributed by atoms with van der Waals surface area (Å²) in [5.74, 6) is 0.872. The van der Waals surface area contributed by atoms with E-state index in [0.717, 1.165) is 35.3 Å². The maximum atomic E-state index is 11.9. The summed E-state index contributed by atoms with van der Waals surface area (Å²) in [4.78, 5) is 11.9. The smallest absolute Gasteiger partial charge is 0.249 e. The molecule has 1 heterocycles. The summed E-state index contributed by atoms with van der Waals surface area (Å²) < 4.78 is 10.6. The molecule has 1 aliphatic rings. The number of rotatable bonds is 4. The molecule has 1 fully saturated rings. The van der Waals surface area contributed by atoms with Crippen LogP contribution in [0.1, 0.15) is 29.5 Å². The molecule has 1 unspecified atom stereocenters. The van der Waals surface area contributed by atoms with Crippen molar-refractivity contribution < 1.29 is 14.3 Å². The Balaban J connectivity index is 1.99. The summed E-state index contributed by atoms with van der Waals surface area (Å²) >= 11 is 0. The average Bonchev–Trinajstić information content (AvgIpc) is 2.94. The van der Waals surface area contributed by atoms with E-state index in [0.29, 0.717) is 13.2 Å². The molecule has 1 amide bonds. The van der Waals surface area contributed by atoms with Gasteiger partial charge in [0.15, 0.2) is 0 Å². The van der Waals surface area contributed by atoms with Crippen LogP contribution >= 0.6 is 0 Å². The van der Waals surface area contributed by atoms with E-state index >= 15 is 0 Å². The highest BCUT2D eigenvalue weighted by molar-refractivity contribution is 5.81. The Labute approximate surface area is 114 Å². The van der Waals surface area contributed by atoms with E-state index in [1.165, 1.54) is 0 Å². The maximum Gasteiger partial charge on any atom is 0.249 e. The first-order valence-corrected chi connectivity index (χ1v) is 6.66. The minimum atomic E-state index is -0.264. The van der Waals surface area contributed by atoms with Gasteiger partial charge in [-0.25, -0.2) is 0 Å².